The molecule has 2 aliphatic rings. The summed E-state index contributed by atoms with van der Waals surface area (Å²) in [5, 5.41) is 7.19. The predicted octanol–water partition coefficient (Wildman–Crippen LogP) is 3.06. The van der Waals surface area contributed by atoms with Crippen LogP contribution in [0.25, 0.3) is 0 Å². The highest BCUT2D eigenvalue weighted by atomic mass is 35.5. The fourth-order valence-corrected chi connectivity index (χ4v) is 4.56. The number of amides is 2. The van der Waals surface area contributed by atoms with Crippen molar-refractivity contribution in [1.29, 1.82) is 0 Å². The molecule has 9 heteroatoms. The van der Waals surface area contributed by atoms with E-state index in [0.717, 1.165) is 31.9 Å². The maximum absolute atomic E-state index is 13.5. The van der Waals surface area contributed by atoms with Crippen molar-refractivity contribution in [3.63, 3.8) is 0 Å². The third kappa shape index (κ3) is 3.85. The quantitative estimate of drug-likeness (QED) is 0.811. The zero-order valence-electron chi connectivity index (χ0n) is 16.3. The van der Waals surface area contributed by atoms with Gasteiger partial charge in [-0.25, -0.2) is 4.39 Å². The lowest BCUT2D eigenvalue weighted by atomic mass is 9.82. The number of H-pyrrole nitrogens is 1. The van der Waals surface area contributed by atoms with Crippen LogP contribution in [-0.2, 0) is 0 Å². The highest BCUT2D eigenvalue weighted by Gasteiger charge is 2.43. The first-order valence-electron chi connectivity index (χ1n) is 9.78. The first-order chi connectivity index (χ1) is 13.9. The number of rotatable bonds is 2. The summed E-state index contributed by atoms with van der Waals surface area (Å²) in [5.74, 6) is -0.927. The Hall–Kier alpha value is -2.48. The smallest absolute Gasteiger partial charge is 0.275 e. The van der Waals surface area contributed by atoms with Crippen molar-refractivity contribution in [2.24, 2.45) is 5.41 Å². The Balaban J connectivity index is 1.51. The number of carbonyl (C=O) groups excluding carboxylic acids is 2. The van der Waals surface area contributed by atoms with Crippen molar-refractivity contribution in [3.8, 4) is 0 Å². The molecule has 2 aromatic heterocycles. The minimum atomic E-state index is -0.526. The third-order valence-corrected chi connectivity index (χ3v) is 6.41. The van der Waals surface area contributed by atoms with Crippen molar-refractivity contribution in [3.05, 3.63) is 46.3 Å². The number of nitrogens with zero attached hydrogens (tertiary/aromatic N) is 4. The maximum atomic E-state index is 13.5. The maximum Gasteiger partial charge on any atom is 0.275 e. The summed E-state index contributed by atoms with van der Waals surface area (Å²) in [6.45, 7) is 4.10. The number of halogens is 2. The van der Waals surface area contributed by atoms with Gasteiger partial charge in [0.2, 0.25) is 0 Å². The molecular formula is C20H23ClFN5O2. The third-order valence-electron chi connectivity index (χ3n) is 5.95. The first-order valence-corrected chi connectivity index (χ1v) is 10.2. The molecule has 2 aliphatic heterocycles. The number of nitrogens with one attached hydrogen (secondary N) is 1. The molecule has 4 heterocycles. The second-order valence-corrected chi connectivity index (χ2v) is 8.44. The molecule has 1 unspecified atom stereocenters. The summed E-state index contributed by atoms with van der Waals surface area (Å²) in [6.07, 6.45) is 6.10. The van der Waals surface area contributed by atoms with Crippen LogP contribution in [0.15, 0.2) is 18.5 Å². The molecule has 0 aliphatic carbocycles. The first kappa shape index (κ1) is 19.8. The highest BCUT2D eigenvalue weighted by molar-refractivity contribution is 6.34. The molecule has 7 nitrogen and oxygen atoms in total. The predicted molar refractivity (Wildman–Crippen MR) is 105 cm³/mol. The summed E-state index contributed by atoms with van der Waals surface area (Å²) >= 11 is 6.23. The van der Waals surface area contributed by atoms with Gasteiger partial charge in [0.05, 0.1) is 22.5 Å². The Morgan fingerprint density at radius 1 is 1.14 bits per heavy atom. The Bertz CT molecular complexity index is 949. The van der Waals surface area contributed by atoms with E-state index in [-0.39, 0.29) is 28.5 Å². The average Bonchev–Trinajstić information content (AvgIpc) is 3.19. The molecule has 2 amide bonds. The topological polar surface area (TPSA) is 82.2 Å². The molecule has 1 N–H and O–H groups in total. The van der Waals surface area contributed by atoms with Crippen LogP contribution in [-0.4, -0.2) is 63.0 Å². The Labute approximate surface area is 173 Å². The van der Waals surface area contributed by atoms with Crippen molar-refractivity contribution in [1.82, 2.24) is 25.0 Å². The van der Waals surface area contributed by atoms with Gasteiger partial charge in [-0.05, 0) is 32.3 Å². The number of aromatic amines is 1. The monoisotopic (exact) mass is 419 g/mol. The number of likely N-dealkylation sites (tertiary alicyclic amines) is 2. The Morgan fingerprint density at radius 2 is 1.90 bits per heavy atom. The molecule has 29 heavy (non-hydrogen) atoms. The van der Waals surface area contributed by atoms with Gasteiger partial charge in [-0.15, -0.1) is 0 Å². The summed E-state index contributed by atoms with van der Waals surface area (Å²) in [4.78, 5) is 33.2. The minimum absolute atomic E-state index is 0.166. The van der Waals surface area contributed by atoms with Crippen molar-refractivity contribution in [2.45, 2.75) is 32.6 Å². The van der Waals surface area contributed by atoms with Crippen LogP contribution < -0.4 is 0 Å². The van der Waals surface area contributed by atoms with E-state index in [2.05, 4.69) is 15.2 Å². The lowest BCUT2D eigenvalue weighted by molar-refractivity contribution is 0.0663. The molecule has 0 aromatic carbocycles. The van der Waals surface area contributed by atoms with Gasteiger partial charge in [0, 0.05) is 37.8 Å². The fraction of sp³-hybridized carbons (Fsp3) is 0.500. The number of pyridine rings is 1. The van der Waals surface area contributed by atoms with E-state index in [1.165, 1.54) is 12.3 Å². The summed E-state index contributed by atoms with van der Waals surface area (Å²) in [5.41, 5.74) is 1.00. The number of aryl methyl sites for hydroxylation is 1. The van der Waals surface area contributed by atoms with E-state index in [1.807, 2.05) is 4.90 Å². The van der Waals surface area contributed by atoms with Crippen LogP contribution in [0.2, 0.25) is 5.02 Å². The van der Waals surface area contributed by atoms with Gasteiger partial charge in [0.1, 0.15) is 5.82 Å². The lowest BCUT2D eigenvalue weighted by Gasteiger charge is -2.32. The molecule has 1 atom stereocenters. The van der Waals surface area contributed by atoms with Gasteiger partial charge in [0.15, 0.2) is 5.69 Å². The van der Waals surface area contributed by atoms with Gasteiger partial charge in [-0.2, -0.15) is 5.10 Å². The summed E-state index contributed by atoms with van der Waals surface area (Å²) < 4.78 is 13.5. The van der Waals surface area contributed by atoms with Crippen molar-refractivity contribution in [2.75, 3.05) is 26.2 Å². The van der Waals surface area contributed by atoms with Crippen molar-refractivity contribution < 1.29 is 14.0 Å². The van der Waals surface area contributed by atoms with E-state index in [0.29, 0.717) is 36.9 Å². The number of hydrogen-bond acceptors (Lipinski definition) is 4. The van der Waals surface area contributed by atoms with Gasteiger partial charge < -0.3 is 9.80 Å². The van der Waals surface area contributed by atoms with Crippen LogP contribution in [0.3, 0.4) is 0 Å². The molecule has 2 aromatic rings. The standard InChI is InChI=1S/C20H23ClFN5O2/c1-13-16(21)17(25-24-13)19(29)26-6-3-2-4-20(11-26)5-7-27(12-20)18(28)14-8-15(22)10-23-9-14/h8-10H,2-7,11-12H2,1H3,(H,24,25). The van der Waals surface area contributed by atoms with Crippen LogP contribution in [0.4, 0.5) is 4.39 Å². The van der Waals surface area contributed by atoms with E-state index in [9.17, 15) is 14.0 Å². The zero-order valence-corrected chi connectivity index (χ0v) is 17.0. The van der Waals surface area contributed by atoms with Crippen LogP contribution in [0.5, 0.6) is 0 Å². The second-order valence-electron chi connectivity index (χ2n) is 8.06. The van der Waals surface area contributed by atoms with Gasteiger partial charge in [-0.1, -0.05) is 18.0 Å². The highest BCUT2D eigenvalue weighted by Crippen LogP contribution is 2.39. The van der Waals surface area contributed by atoms with Gasteiger partial charge in [-0.3, -0.25) is 19.7 Å². The average molecular weight is 420 g/mol. The number of carbonyl (C=O) groups is 2. The second kappa shape index (κ2) is 7.74. The molecule has 4 rings (SSSR count). The van der Waals surface area contributed by atoms with Gasteiger partial charge in [0.25, 0.3) is 11.8 Å². The van der Waals surface area contributed by atoms with Crippen molar-refractivity contribution >= 4 is 23.4 Å². The van der Waals surface area contributed by atoms with Crippen LogP contribution in [0, 0.1) is 18.2 Å². The van der Waals surface area contributed by atoms with Gasteiger partial charge >= 0.3 is 0 Å². The molecular weight excluding hydrogens is 397 g/mol. The van der Waals surface area contributed by atoms with E-state index in [1.54, 1.807) is 11.8 Å². The summed E-state index contributed by atoms with van der Waals surface area (Å²) in [7, 11) is 0. The Morgan fingerprint density at radius 3 is 2.59 bits per heavy atom. The number of aromatic nitrogens is 3. The fourth-order valence-electron chi connectivity index (χ4n) is 4.40. The van der Waals surface area contributed by atoms with E-state index in [4.69, 9.17) is 11.6 Å². The van der Waals surface area contributed by atoms with E-state index < -0.39 is 5.82 Å². The molecule has 0 saturated carbocycles. The van der Waals surface area contributed by atoms with E-state index >= 15 is 0 Å². The molecule has 2 saturated heterocycles. The normalized spacial score (nSPS) is 22.2. The molecule has 154 valence electrons. The Kier molecular flexibility index (Phi) is 5.29. The summed E-state index contributed by atoms with van der Waals surface area (Å²) in [6, 6.07) is 1.21. The lowest BCUT2D eigenvalue weighted by Crippen LogP contribution is -2.42. The number of hydrogen-bond donors (Lipinski definition) is 1. The van der Waals surface area contributed by atoms with Crippen LogP contribution >= 0.6 is 11.6 Å². The molecule has 1 spiro atoms. The molecule has 2 fully saturated rings. The molecule has 0 bridgehead atoms. The SMILES string of the molecule is Cc1[nH]nc(C(=O)N2CCCCC3(CCN(C(=O)c4cncc(F)c4)C3)C2)c1Cl. The molecule has 0 radical (unpaired) electrons. The zero-order chi connectivity index (χ0) is 20.6. The largest absolute Gasteiger partial charge is 0.338 e. The van der Waals surface area contributed by atoms with Crippen LogP contribution in [0.1, 0.15) is 52.2 Å². The minimum Gasteiger partial charge on any atom is -0.338 e.